The van der Waals surface area contributed by atoms with Crippen LogP contribution < -0.4 is 10.6 Å². The molecule has 35 heavy (non-hydrogen) atoms. The zero-order valence-electron chi connectivity index (χ0n) is 20.1. The van der Waals surface area contributed by atoms with Crippen molar-refractivity contribution in [3.63, 3.8) is 0 Å². The first-order valence-corrected chi connectivity index (χ1v) is 12.1. The zero-order valence-corrected chi connectivity index (χ0v) is 20.1. The van der Waals surface area contributed by atoms with Crippen LogP contribution in [0.2, 0.25) is 0 Å². The molecule has 0 aromatic heterocycles. The summed E-state index contributed by atoms with van der Waals surface area (Å²) in [5, 5.41) is 14.7. The summed E-state index contributed by atoms with van der Waals surface area (Å²) in [6, 6.07) is 16.2. The number of hydrogen-bond acceptors (Lipinski definition) is 5. The van der Waals surface area contributed by atoms with Crippen LogP contribution in [0.3, 0.4) is 0 Å². The Balaban J connectivity index is 1.35. The summed E-state index contributed by atoms with van der Waals surface area (Å²) in [4.78, 5) is 36.9. The molecular weight excluding hydrogens is 448 g/mol. The lowest BCUT2D eigenvalue weighted by Crippen LogP contribution is -2.57. The summed E-state index contributed by atoms with van der Waals surface area (Å²) in [5.74, 6) is -1.87. The van der Waals surface area contributed by atoms with Crippen molar-refractivity contribution in [2.45, 2.75) is 50.7 Å². The van der Waals surface area contributed by atoms with Crippen molar-refractivity contribution in [1.29, 1.82) is 0 Å². The Bertz CT molecular complexity index is 1060. The van der Waals surface area contributed by atoms with E-state index in [4.69, 9.17) is 14.6 Å². The van der Waals surface area contributed by atoms with Crippen LogP contribution in [0.5, 0.6) is 0 Å². The Labute approximate surface area is 205 Å². The van der Waals surface area contributed by atoms with Gasteiger partial charge in [-0.15, -0.1) is 0 Å². The minimum atomic E-state index is -1.16. The Morgan fingerprint density at radius 1 is 1.09 bits per heavy atom. The molecule has 0 saturated carbocycles. The van der Waals surface area contributed by atoms with Crippen molar-refractivity contribution < 1.29 is 29.0 Å². The van der Waals surface area contributed by atoms with Gasteiger partial charge in [-0.2, -0.15) is 0 Å². The molecule has 3 N–H and O–H groups in total. The Hall–Kier alpha value is -3.39. The van der Waals surface area contributed by atoms with Crippen LogP contribution >= 0.6 is 0 Å². The summed E-state index contributed by atoms with van der Waals surface area (Å²) >= 11 is 0. The third-order valence-electron chi connectivity index (χ3n) is 6.89. The predicted molar refractivity (Wildman–Crippen MR) is 130 cm³/mol. The summed E-state index contributed by atoms with van der Waals surface area (Å²) in [6.07, 6.45) is 0.433. The molecule has 8 nitrogen and oxygen atoms in total. The minimum Gasteiger partial charge on any atom is -0.481 e. The lowest BCUT2D eigenvalue weighted by molar-refractivity contribution is -0.141. The van der Waals surface area contributed by atoms with Gasteiger partial charge in [-0.1, -0.05) is 61.9 Å². The topological polar surface area (TPSA) is 114 Å². The molecule has 2 aromatic rings. The minimum absolute atomic E-state index is 0.0684. The number of ether oxygens (including phenoxy) is 2. The fourth-order valence-corrected chi connectivity index (χ4v) is 5.01. The number of fused-ring (bicyclic) bond motifs is 3. The van der Waals surface area contributed by atoms with E-state index in [1.807, 2.05) is 31.2 Å². The monoisotopic (exact) mass is 480 g/mol. The van der Waals surface area contributed by atoms with Gasteiger partial charge >= 0.3 is 12.1 Å². The number of alkyl carbamates (subject to hydrolysis) is 1. The molecule has 0 bridgehead atoms. The first kappa shape index (κ1) is 24.7. The van der Waals surface area contributed by atoms with Crippen molar-refractivity contribution in [2.24, 2.45) is 5.92 Å². The molecule has 3 atom stereocenters. The molecule has 1 heterocycles. The number of carboxylic acid groups (broad SMARTS) is 1. The molecular formula is C27H32N2O6. The van der Waals surface area contributed by atoms with E-state index >= 15 is 0 Å². The highest BCUT2D eigenvalue weighted by Gasteiger charge is 2.37. The maximum Gasteiger partial charge on any atom is 0.408 e. The van der Waals surface area contributed by atoms with Gasteiger partial charge in [0.2, 0.25) is 5.91 Å². The fraction of sp³-hybridized carbons (Fsp3) is 0.444. The summed E-state index contributed by atoms with van der Waals surface area (Å²) in [6.45, 7) is 4.09. The number of carboxylic acids is 1. The molecule has 1 aliphatic carbocycles. The largest absolute Gasteiger partial charge is 0.481 e. The Morgan fingerprint density at radius 3 is 2.29 bits per heavy atom. The molecule has 1 saturated heterocycles. The number of hydrogen-bond donors (Lipinski definition) is 3. The van der Waals surface area contributed by atoms with Crippen LogP contribution in [0.1, 0.15) is 50.2 Å². The molecule has 1 aliphatic heterocycles. The van der Waals surface area contributed by atoms with Gasteiger partial charge in [-0.05, 0) is 42.0 Å². The third-order valence-corrected chi connectivity index (χ3v) is 6.89. The van der Waals surface area contributed by atoms with Crippen LogP contribution in [0.4, 0.5) is 4.79 Å². The normalized spacial score (nSPS) is 20.4. The van der Waals surface area contributed by atoms with Crippen molar-refractivity contribution in [3.05, 3.63) is 59.7 Å². The number of benzene rings is 2. The molecule has 8 heteroatoms. The van der Waals surface area contributed by atoms with Crippen molar-refractivity contribution in [1.82, 2.24) is 10.6 Å². The molecule has 2 aromatic carbocycles. The molecule has 3 unspecified atom stereocenters. The van der Waals surface area contributed by atoms with E-state index in [0.717, 1.165) is 22.3 Å². The molecule has 1 fully saturated rings. The predicted octanol–water partition coefficient (Wildman–Crippen LogP) is 3.69. The van der Waals surface area contributed by atoms with E-state index in [0.29, 0.717) is 19.3 Å². The second-order valence-corrected chi connectivity index (χ2v) is 9.47. The van der Waals surface area contributed by atoms with E-state index in [2.05, 4.69) is 34.9 Å². The second-order valence-electron chi connectivity index (χ2n) is 9.47. The van der Waals surface area contributed by atoms with Crippen LogP contribution in [0, 0.1) is 5.92 Å². The molecule has 2 aliphatic rings. The second kappa shape index (κ2) is 10.5. The van der Waals surface area contributed by atoms with E-state index in [9.17, 15) is 14.4 Å². The van der Waals surface area contributed by atoms with Gasteiger partial charge in [0.15, 0.2) is 0 Å². The van der Waals surface area contributed by atoms with Gasteiger partial charge in [0.25, 0.3) is 0 Å². The molecule has 0 spiro atoms. The number of nitrogens with one attached hydrogen (secondary N) is 2. The van der Waals surface area contributed by atoms with Crippen LogP contribution in [0.15, 0.2) is 48.5 Å². The highest BCUT2D eigenvalue weighted by Crippen LogP contribution is 2.44. The first-order chi connectivity index (χ1) is 16.8. The SMILES string of the molecule is CCCC(C)(NC(=O)OCC1c2ccccc2-c2ccccc21)C(=O)NCC1CC(C(=O)O)CO1. The molecule has 2 amide bonds. The highest BCUT2D eigenvalue weighted by molar-refractivity contribution is 5.89. The van der Waals surface area contributed by atoms with E-state index < -0.39 is 23.5 Å². The summed E-state index contributed by atoms with van der Waals surface area (Å²) in [7, 11) is 0. The maximum absolute atomic E-state index is 13.0. The van der Waals surface area contributed by atoms with Gasteiger partial charge in [0.1, 0.15) is 12.1 Å². The smallest absolute Gasteiger partial charge is 0.408 e. The van der Waals surface area contributed by atoms with Crippen molar-refractivity contribution in [2.75, 3.05) is 19.8 Å². The standard InChI is InChI=1S/C27H32N2O6/c1-3-12-27(2,25(32)28-14-18-13-17(15-34-18)24(30)31)29-26(33)35-16-23-21-10-6-4-8-19(21)20-9-5-7-11-22(20)23/h4-11,17-18,23H,3,12-16H2,1-2H3,(H,28,32)(H,29,33)(H,30,31). The van der Waals surface area contributed by atoms with Crippen LogP contribution in [0.25, 0.3) is 11.1 Å². The van der Waals surface area contributed by atoms with Gasteiger partial charge in [-0.25, -0.2) is 4.79 Å². The molecule has 0 radical (unpaired) electrons. The number of rotatable bonds is 9. The van der Waals surface area contributed by atoms with Gasteiger partial charge < -0.3 is 25.2 Å². The zero-order chi connectivity index (χ0) is 25.0. The van der Waals surface area contributed by atoms with Crippen LogP contribution in [-0.4, -0.2) is 54.5 Å². The van der Waals surface area contributed by atoms with Crippen LogP contribution in [-0.2, 0) is 19.1 Å². The third kappa shape index (κ3) is 5.32. The fourth-order valence-electron chi connectivity index (χ4n) is 5.01. The lowest BCUT2D eigenvalue weighted by Gasteiger charge is -2.29. The summed E-state index contributed by atoms with van der Waals surface area (Å²) < 4.78 is 11.1. The van der Waals surface area contributed by atoms with Gasteiger partial charge in [0, 0.05) is 12.5 Å². The van der Waals surface area contributed by atoms with E-state index in [1.165, 1.54) is 0 Å². The number of carbonyl (C=O) groups excluding carboxylic acids is 2. The number of amides is 2. The molecule has 4 rings (SSSR count). The quantitative estimate of drug-likeness (QED) is 0.504. The Morgan fingerprint density at radius 2 is 1.71 bits per heavy atom. The van der Waals surface area contributed by atoms with Gasteiger partial charge in [0.05, 0.1) is 18.6 Å². The van der Waals surface area contributed by atoms with E-state index in [1.54, 1.807) is 6.92 Å². The number of aliphatic carboxylic acids is 1. The average molecular weight is 481 g/mol. The first-order valence-electron chi connectivity index (χ1n) is 12.1. The number of carbonyl (C=O) groups is 3. The lowest BCUT2D eigenvalue weighted by atomic mass is 9.95. The van der Waals surface area contributed by atoms with E-state index in [-0.39, 0.29) is 37.7 Å². The van der Waals surface area contributed by atoms with Gasteiger partial charge in [-0.3, -0.25) is 9.59 Å². The Kier molecular flexibility index (Phi) is 7.40. The summed E-state index contributed by atoms with van der Waals surface area (Å²) in [5.41, 5.74) is 3.36. The van der Waals surface area contributed by atoms with Crippen molar-refractivity contribution in [3.8, 4) is 11.1 Å². The molecule has 186 valence electrons. The average Bonchev–Trinajstić information content (AvgIpc) is 3.44. The maximum atomic E-state index is 13.0. The van der Waals surface area contributed by atoms with Crippen molar-refractivity contribution >= 4 is 18.0 Å². The highest BCUT2D eigenvalue weighted by atomic mass is 16.5.